The topological polar surface area (TPSA) is 94.6 Å². The molecule has 0 saturated heterocycles. The smallest absolute Gasteiger partial charge is 0.287 e. The van der Waals surface area contributed by atoms with Gasteiger partial charge in [0.05, 0.1) is 16.0 Å². The predicted octanol–water partition coefficient (Wildman–Crippen LogP) is 4.49. The number of benzene rings is 2. The molecule has 0 unspecified atom stereocenters. The number of hydrogen-bond donors (Lipinski definition) is 1. The van der Waals surface area contributed by atoms with Gasteiger partial charge in [-0.3, -0.25) is 14.9 Å². The molecule has 3 rings (SSSR count). The number of furan rings is 1. The molecule has 0 aliphatic rings. The monoisotopic (exact) mass is 404 g/mol. The molecular weight excluding hydrogens is 391 g/mol. The van der Waals surface area contributed by atoms with E-state index in [1.807, 2.05) is 0 Å². The number of ether oxygens (including phenoxy) is 1. The van der Waals surface area contributed by atoms with Crippen LogP contribution in [0.3, 0.4) is 0 Å². The quantitative estimate of drug-likeness (QED) is 0.462. The van der Waals surface area contributed by atoms with Gasteiger partial charge in [0.15, 0.2) is 5.76 Å². The summed E-state index contributed by atoms with van der Waals surface area (Å²) in [5.41, 5.74) is 0.588. The first-order valence-electron chi connectivity index (χ1n) is 8.10. The highest BCUT2D eigenvalue weighted by Crippen LogP contribution is 2.29. The summed E-state index contributed by atoms with van der Waals surface area (Å²) in [5.74, 6) is -0.242. The largest absolute Gasteiger partial charge is 0.484 e. The van der Waals surface area contributed by atoms with Gasteiger partial charge in [0.25, 0.3) is 11.6 Å². The molecule has 1 N–H and O–H groups in total. The van der Waals surface area contributed by atoms with Gasteiger partial charge in [-0.25, -0.2) is 4.39 Å². The maximum absolute atomic E-state index is 12.9. The third-order valence-electron chi connectivity index (χ3n) is 3.75. The SMILES string of the molecule is O=C(NCc1ccc(F)cc1)c1ccc(COc2cc([N+](=O)[O-])ccc2Cl)o1. The Balaban J connectivity index is 1.58. The number of amides is 1. The van der Waals surface area contributed by atoms with Gasteiger partial charge in [-0.1, -0.05) is 23.7 Å². The number of nitro groups is 1. The Kier molecular flexibility index (Phi) is 5.90. The van der Waals surface area contributed by atoms with E-state index in [2.05, 4.69) is 5.32 Å². The highest BCUT2D eigenvalue weighted by Gasteiger charge is 2.14. The van der Waals surface area contributed by atoms with E-state index < -0.39 is 10.8 Å². The number of non-ortho nitro benzene ring substituents is 1. The van der Waals surface area contributed by atoms with Crippen LogP contribution in [0.1, 0.15) is 21.9 Å². The lowest BCUT2D eigenvalue weighted by atomic mass is 10.2. The molecule has 0 aliphatic heterocycles. The highest BCUT2D eigenvalue weighted by molar-refractivity contribution is 6.32. The number of nitrogens with zero attached hydrogens (tertiary/aromatic N) is 1. The predicted molar refractivity (Wildman–Crippen MR) is 98.7 cm³/mol. The van der Waals surface area contributed by atoms with E-state index in [0.717, 1.165) is 5.56 Å². The zero-order valence-electron chi connectivity index (χ0n) is 14.4. The molecule has 0 aliphatic carbocycles. The number of hydrogen-bond acceptors (Lipinski definition) is 5. The van der Waals surface area contributed by atoms with Gasteiger partial charge in [-0.15, -0.1) is 0 Å². The minimum absolute atomic E-state index is 0.0634. The van der Waals surface area contributed by atoms with Gasteiger partial charge in [0.1, 0.15) is 23.9 Å². The van der Waals surface area contributed by atoms with Crippen LogP contribution in [0.5, 0.6) is 5.75 Å². The minimum Gasteiger partial charge on any atom is -0.484 e. The summed E-state index contributed by atoms with van der Waals surface area (Å²) in [7, 11) is 0. The Hall–Kier alpha value is -3.39. The average molecular weight is 405 g/mol. The molecule has 0 saturated carbocycles. The number of nitro benzene ring substituents is 1. The highest BCUT2D eigenvalue weighted by atomic mass is 35.5. The van der Waals surface area contributed by atoms with E-state index in [9.17, 15) is 19.3 Å². The van der Waals surface area contributed by atoms with Crippen LogP contribution >= 0.6 is 11.6 Å². The van der Waals surface area contributed by atoms with Gasteiger partial charge in [0.2, 0.25) is 0 Å². The van der Waals surface area contributed by atoms with Gasteiger partial charge < -0.3 is 14.5 Å². The van der Waals surface area contributed by atoms with Crippen molar-refractivity contribution in [1.82, 2.24) is 5.32 Å². The lowest BCUT2D eigenvalue weighted by Gasteiger charge is -2.06. The van der Waals surface area contributed by atoms with Crippen molar-refractivity contribution in [1.29, 1.82) is 0 Å². The van der Waals surface area contributed by atoms with Crippen molar-refractivity contribution in [3.63, 3.8) is 0 Å². The Bertz CT molecular complexity index is 1000. The number of halogens is 2. The van der Waals surface area contributed by atoms with E-state index in [4.69, 9.17) is 20.8 Å². The zero-order chi connectivity index (χ0) is 20.1. The second kappa shape index (κ2) is 8.53. The maximum Gasteiger partial charge on any atom is 0.287 e. The Morgan fingerprint density at radius 3 is 2.64 bits per heavy atom. The summed E-state index contributed by atoms with van der Waals surface area (Å²) in [6.45, 7) is 0.154. The maximum atomic E-state index is 12.9. The molecule has 7 nitrogen and oxygen atoms in total. The Morgan fingerprint density at radius 2 is 1.93 bits per heavy atom. The van der Waals surface area contributed by atoms with E-state index >= 15 is 0 Å². The first kappa shape index (κ1) is 19.4. The summed E-state index contributed by atoms with van der Waals surface area (Å²) >= 11 is 5.97. The molecule has 0 bridgehead atoms. The van der Waals surface area contributed by atoms with Crippen molar-refractivity contribution < 1.29 is 23.3 Å². The van der Waals surface area contributed by atoms with E-state index in [1.54, 1.807) is 18.2 Å². The minimum atomic E-state index is -0.556. The summed E-state index contributed by atoms with van der Waals surface area (Å²) in [5, 5.41) is 13.7. The van der Waals surface area contributed by atoms with Crippen LogP contribution in [0.25, 0.3) is 0 Å². The molecule has 3 aromatic rings. The van der Waals surface area contributed by atoms with Crippen molar-refractivity contribution in [2.45, 2.75) is 13.2 Å². The second-order valence-corrected chi connectivity index (χ2v) is 6.14. The molecule has 1 aromatic heterocycles. The van der Waals surface area contributed by atoms with Crippen LogP contribution < -0.4 is 10.1 Å². The Morgan fingerprint density at radius 1 is 1.18 bits per heavy atom. The number of nitrogens with one attached hydrogen (secondary N) is 1. The Labute approximate surface area is 163 Å². The van der Waals surface area contributed by atoms with E-state index in [1.165, 1.54) is 36.4 Å². The van der Waals surface area contributed by atoms with E-state index in [-0.39, 0.29) is 41.2 Å². The molecule has 0 atom stereocenters. The molecule has 1 heterocycles. The van der Waals surface area contributed by atoms with Crippen LogP contribution in [0.15, 0.2) is 59.0 Å². The van der Waals surface area contributed by atoms with Crippen LogP contribution in [-0.2, 0) is 13.2 Å². The van der Waals surface area contributed by atoms with Crippen LogP contribution in [0, 0.1) is 15.9 Å². The van der Waals surface area contributed by atoms with Crippen molar-refractivity contribution in [2.75, 3.05) is 0 Å². The molecule has 1 amide bonds. The first-order valence-corrected chi connectivity index (χ1v) is 8.48. The summed E-state index contributed by atoms with van der Waals surface area (Å²) in [6.07, 6.45) is 0. The van der Waals surface area contributed by atoms with Gasteiger partial charge >= 0.3 is 0 Å². The molecule has 144 valence electrons. The molecule has 0 radical (unpaired) electrons. The third kappa shape index (κ3) is 4.86. The normalized spacial score (nSPS) is 10.5. The molecular formula is C19H14ClFN2O5. The molecule has 28 heavy (non-hydrogen) atoms. The van der Waals surface area contributed by atoms with Crippen LogP contribution in [-0.4, -0.2) is 10.8 Å². The number of rotatable bonds is 7. The molecule has 9 heteroatoms. The summed E-state index contributed by atoms with van der Waals surface area (Å²) in [4.78, 5) is 22.4. The van der Waals surface area contributed by atoms with Crippen LogP contribution in [0.4, 0.5) is 10.1 Å². The fourth-order valence-corrected chi connectivity index (χ4v) is 2.49. The number of carbonyl (C=O) groups excluding carboxylic acids is 1. The number of carbonyl (C=O) groups is 1. The molecule has 2 aromatic carbocycles. The average Bonchev–Trinajstić information content (AvgIpc) is 3.15. The van der Waals surface area contributed by atoms with Crippen molar-refractivity contribution >= 4 is 23.2 Å². The van der Waals surface area contributed by atoms with Gasteiger partial charge in [-0.05, 0) is 35.9 Å². The molecule has 0 fully saturated rings. The standard InChI is InChI=1S/C19H14ClFN2O5/c20-16-7-5-14(23(25)26)9-18(16)27-11-15-6-8-17(28-15)19(24)22-10-12-1-3-13(21)4-2-12/h1-9H,10-11H2,(H,22,24). The molecule has 0 spiro atoms. The third-order valence-corrected chi connectivity index (χ3v) is 4.06. The zero-order valence-corrected chi connectivity index (χ0v) is 15.1. The fraction of sp³-hybridized carbons (Fsp3) is 0.105. The van der Waals surface area contributed by atoms with Crippen molar-refractivity contribution in [2.24, 2.45) is 0 Å². The van der Waals surface area contributed by atoms with Crippen molar-refractivity contribution in [3.8, 4) is 5.75 Å². The summed E-state index contributed by atoms with van der Waals surface area (Å²) in [6, 6.07) is 12.6. The fourth-order valence-electron chi connectivity index (χ4n) is 2.31. The van der Waals surface area contributed by atoms with Gasteiger partial charge in [-0.2, -0.15) is 0 Å². The first-order chi connectivity index (χ1) is 13.4. The lowest BCUT2D eigenvalue weighted by molar-refractivity contribution is -0.384. The van der Waals surface area contributed by atoms with E-state index in [0.29, 0.717) is 5.76 Å². The second-order valence-electron chi connectivity index (χ2n) is 5.74. The van der Waals surface area contributed by atoms with Crippen molar-refractivity contribution in [3.05, 3.63) is 92.6 Å². The lowest BCUT2D eigenvalue weighted by Crippen LogP contribution is -2.22. The van der Waals surface area contributed by atoms with Gasteiger partial charge in [0, 0.05) is 12.6 Å². The summed E-state index contributed by atoms with van der Waals surface area (Å²) < 4.78 is 23.7. The van der Waals surface area contributed by atoms with Crippen LogP contribution in [0.2, 0.25) is 5.02 Å².